The molecule has 0 aliphatic heterocycles. The van der Waals surface area contributed by atoms with Gasteiger partial charge in [0.25, 0.3) is 0 Å². The number of carbonyl (C=O) groups is 1. The topological polar surface area (TPSA) is 46.3 Å². The number of unbranched alkanes of at least 4 members (excludes halogenated alkanes) is 4. The summed E-state index contributed by atoms with van der Waals surface area (Å²) in [5.74, 6) is 0.143. The van der Waals surface area contributed by atoms with Gasteiger partial charge in [0.05, 0.1) is 11.4 Å². The molecular formula is C15H24N2O. The van der Waals surface area contributed by atoms with E-state index in [1.54, 1.807) is 11.9 Å². The van der Waals surface area contributed by atoms with Crippen molar-refractivity contribution in [3.05, 3.63) is 24.3 Å². The maximum Gasteiger partial charge on any atom is 0.226 e. The summed E-state index contributed by atoms with van der Waals surface area (Å²) in [6, 6.07) is 7.48. The minimum atomic E-state index is 0.143. The van der Waals surface area contributed by atoms with Crippen molar-refractivity contribution in [2.45, 2.75) is 45.4 Å². The Labute approximate surface area is 110 Å². The van der Waals surface area contributed by atoms with Crippen LogP contribution >= 0.6 is 0 Å². The van der Waals surface area contributed by atoms with Crippen LogP contribution < -0.4 is 10.6 Å². The summed E-state index contributed by atoms with van der Waals surface area (Å²) in [7, 11) is 1.79. The normalized spacial score (nSPS) is 10.3. The third-order valence-corrected chi connectivity index (χ3v) is 3.17. The Hall–Kier alpha value is -1.51. The molecule has 1 amide bonds. The molecule has 0 aliphatic carbocycles. The summed E-state index contributed by atoms with van der Waals surface area (Å²) in [5, 5.41) is 0. The quantitative estimate of drug-likeness (QED) is 0.592. The number of nitrogens with zero attached hydrogens (tertiary/aromatic N) is 1. The molecule has 2 N–H and O–H groups in total. The standard InChI is InChI=1S/C15H24N2O/c1-3-4-5-6-7-12-15(18)17(2)14-11-9-8-10-13(14)16/h8-11H,3-7,12,16H2,1-2H3. The summed E-state index contributed by atoms with van der Waals surface area (Å²) in [4.78, 5) is 13.7. The molecule has 100 valence electrons. The fourth-order valence-corrected chi connectivity index (χ4v) is 1.97. The lowest BCUT2D eigenvalue weighted by atomic mass is 10.1. The van der Waals surface area contributed by atoms with Gasteiger partial charge in [-0.05, 0) is 18.6 Å². The fraction of sp³-hybridized carbons (Fsp3) is 0.533. The van der Waals surface area contributed by atoms with Gasteiger partial charge in [-0.15, -0.1) is 0 Å². The van der Waals surface area contributed by atoms with E-state index in [-0.39, 0.29) is 5.91 Å². The number of nitrogen functional groups attached to an aromatic ring is 1. The Morgan fingerprint density at radius 3 is 2.50 bits per heavy atom. The molecule has 0 saturated heterocycles. The van der Waals surface area contributed by atoms with Gasteiger partial charge in [0, 0.05) is 13.5 Å². The molecule has 0 unspecified atom stereocenters. The zero-order valence-electron chi connectivity index (χ0n) is 11.5. The number of amides is 1. The molecule has 0 heterocycles. The number of carbonyl (C=O) groups excluding carboxylic acids is 1. The summed E-state index contributed by atoms with van der Waals surface area (Å²) in [6.45, 7) is 2.19. The van der Waals surface area contributed by atoms with Crippen LogP contribution in [0, 0.1) is 0 Å². The first kappa shape index (κ1) is 14.6. The van der Waals surface area contributed by atoms with Crippen LogP contribution in [0.5, 0.6) is 0 Å². The van der Waals surface area contributed by atoms with Crippen molar-refractivity contribution in [3.8, 4) is 0 Å². The number of nitrogens with two attached hydrogens (primary N) is 1. The van der Waals surface area contributed by atoms with Gasteiger partial charge in [0.2, 0.25) is 5.91 Å². The van der Waals surface area contributed by atoms with Crippen molar-refractivity contribution >= 4 is 17.3 Å². The SMILES string of the molecule is CCCCCCCC(=O)N(C)c1ccccc1N. The predicted octanol–water partition coefficient (Wildman–Crippen LogP) is 3.59. The minimum Gasteiger partial charge on any atom is -0.397 e. The number of anilines is 2. The Morgan fingerprint density at radius 1 is 1.17 bits per heavy atom. The maximum absolute atomic E-state index is 12.0. The Bertz CT molecular complexity index is 377. The first-order valence-corrected chi connectivity index (χ1v) is 6.78. The molecule has 3 heteroatoms. The second-order valence-corrected chi connectivity index (χ2v) is 4.68. The van der Waals surface area contributed by atoms with Crippen LogP contribution in [-0.2, 0) is 4.79 Å². The van der Waals surface area contributed by atoms with E-state index >= 15 is 0 Å². The molecule has 0 spiro atoms. The summed E-state index contributed by atoms with van der Waals surface area (Å²) in [6.07, 6.45) is 6.42. The molecule has 3 nitrogen and oxygen atoms in total. The minimum absolute atomic E-state index is 0.143. The molecule has 1 aromatic carbocycles. The maximum atomic E-state index is 12.0. The van der Waals surface area contributed by atoms with Gasteiger partial charge in [-0.25, -0.2) is 0 Å². The molecule has 0 atom stereocenters. The van der Waals surface area contributed by atoms with Crippen LogP contribution in [-0.4, -0.2) is 13.0 Å². The van der Waals surface area contributed by atoms with E-state index in [9.17, 15) is 4.79 Å². The van der Waals surface area contributed by atoms with E-state index < -0.39 is 0 Å². The number of para-hydroxylation sites is 2. The number of rotatable bonds is 7. The van der Waals surface area contributed by atoms with Gasteiger partial charge in [-0.1, -0.05) is 44.7 Å². The molecule has 0 fully saturated rings. The second-order valence-electron chi connectivity index (χ2n) is 4.68. The van der Waals surface area contributed by atoms with Gasteiger partial charge >= 0.3 is 0 Å². The van der Waals surface area contributed by atoms with Crippen molar-refractivity contribution in [1.29, 1.82) is 0 Å². The molecule has 1 aromatic rings. The van der Waals surface area contributed by atoms with Crippen LogP contribution in [0.2, 0.25) is 0 Å². The molecule has 0 saturated carbocycles. The van der Waals surface area contributed by atoms with Crippen molar-refractivity contribution in [2.75, 3.05) is 17.7 Å². The van der Waals surface area contributed by atoms with E-state index in [1.165, 1.54) is 19.3 Å². The van der Waals surface area contributed by atoms with Crippen LogP contribution in [0.4, 0.5) is 11.4 Å². The molecule has 1 rings (SSSR count). The van der Waals surface area contributed by atoms with Crippen LogP contribution in [0.25, 0.3) is 0 Å². The second kappa shape index (κ2) is 7.75. The Balaban J connectivity index is 2.40. The first-order chi connectivity index (χ1) is 8.66. The lowest BCUT2D eigenvalue weighted by molar-refractivity contribution is -0.118. The van der Waals surface area contributed by atoms with Gasteiger partial charge in [0.1, 0.15) is 0 Å². The first-order valence-electron chi connectivity index (χ1n) is 6.78. The van der Waals surface area contributed by atoms with E-state index in [2.05, 4.69) is 6.92 Å². The summed E-state index contributed by atoms with van der Waals surface area (Å²) < 4.78 is 0. The van der Waals surface area contributed by atoms with E-state index in [0.717, 1.165) is 18.5 Å². The van der Waals surface area contributed by atoms with E-state index in [4.69, 9.17) is 5.73 Å². The largest absolute Gasteiger partial charge is 0.397 e. The van der Waals surface area contributed by atoms with E-state index in [0.29, 0.717) is 12.1 Å². The number of hydrogen-bond acceptors (Lipinski definition) is 2. The van der Waals surface area contributed by atoms with Gasteiger partial charge < -0.3 is 10.6 Å². The predicted molar refractivity (Wildman–Crippen MR) is 77.6 cm³/mol. The molecule has 0 aliphatic rings. The molecule has 0 radical (unpaired) electrons. The number of benzene rings is 1. The van der Waals surface area contributed by atoms with Crippen molar-refractivity contribution in [1.82, 2.24) is 0 Å². The fourth-order valence-electron chi connectivity index (χ4n) is 1.97. The molecular weight excluding hydrogens is 224 g/mol. The van der Waals surface area contributed by atoms with Gasteiger partial charge in [-0.2, -0.15) is 0 Å². The highest BCUT2D eigenvalue weighted by molar-refractivity contribution is 5.95. The highest BCUT2D eigenvalue weighted by Crippen LogP contribution is 2.22. The average Bonchev–Trinajstić information content (AvgIpc) is 2.38. The summed E-state index contributed by atoms with van der Waals surface area (Å²) >= 11 is 0. The van der Waals surface area contributed by atoms with Gasteiger partial charge in [0.15, 0.2) is 0 Å². The third kappa shape index (κ3) is 4.40. The highest BCUT2D eigenvalue weighted by Gasteiger charge is 2.12. The summed E-state index contributed by atoms with van der Waals surface area (Å²) in [5.41, 5.74) is 7.31. The van der Waals surface area contributed by atoms with Crippen LogP contribution in [0.3, 0.4) is 0 Å². The monoisotopic (exact) mass is 248 g/mol. The van der Waals surface area contributed by atoms with E-state index in [1.807, 2.05) is 24.3 Å². The molecule has 18 heavy (non-hydrogen) atoms. The Kier molecular flexibility index (Phi) is 6.26. The van der Waals surface area contributed by atoms with Crippen LogP contribution in [0.15, 0.2) is 24.3 Å². The highest BCUT2D eigenvalue weighted by atomic mass is 16.2. The van der Waals surface area contributed by atoms with Crippen LogP contribution in [0.1, 0.15) is 45.4 Å². The lowest BCUT2D eigenvalue weighted by Crippen LogP contribution is -2.26. The molecule has 0 bridgehead atoms. The van der Waals surface area contributed by atoms with Crippen molar-refractivity contribution in [2.24, 2.45) is 0 Å². The molecule has 0 aromatic heterocycles. The smallest absolute Gasteiger partial charge is 0.226 e. The zero-order valence-corrected chi connectivity index (χ0v) is 11.5. The number of hydrogen-bond donors (Lipinski definition) is 1. The zero-order chi connectivity index (χ0) is 13.4. The average molecular weight is 248 g/mol. The third-order valence-electron chi connectivity index (χ3n) is 3.17. The Morgan fingerprint density at radius 2 is 1.83 bits per heavy atom. The van der Waals surface area contributed by atoms with Crippen molar-refractivity contribution < 1.29 is 4.79 Å². The van der Waals surface area contributed by atoms with Crippen molar-refractivity contribution in [3.63, 3.8) is 0 Å². The lowest BCUT2D eigenvalue weighted by Gasteiger charge is -2.19. The van der Waals surface area contributed by atoms with Gasteiger partial charge in [-0.3, -0.25) is 4.79 Å².